The summed E-state index contributed by atoms with van der Waals surface area (Å²) in [6.45, 7) is 0. The van der Waals surface area contributed by atoms with Gasteiger partial charge in [0.2, 0.25) is 0 Å². The molecule has 0 radical (unpaired) electrons. The molecule has 0 bridgehead atoms. The van der Waals surface area contributed by atoms with Gasteiger partial charge in [-0.15, -0.1) is 0 Å². The number of hydrogen-bond acceptors (Lipinski definition) is 6. The molecule has 0 unspecified atom stereocenters. The van der Waals surface area contributed by atoms with Crippen LogP contribution in [0.5, 0.6) is 0 Å². The standard InChI is InChI=1S/2Na.H2S6/c;;1-3-5-6-4-2/h;;1-2H/q2*+1;/p-2. The molecule has 0 aliphatic rings. The summed E-state index contributed by atoms with van der Waals surface area (Å²) in [5, 5.41) is 0. The quantitative estimate of drug-likeness (QED) is 0.216. The third kappa shape index (κ3) is 16.6. The van der Waals surface area contributed by atoms with Crippen LogP contribution in [0.1, 0.15) is 0 Å². The summed E-state index contributed by atoms with van der Waals surface area (Å²) in [6.07, 6.45) is 0. The first-order valence-electron chi connectivity index (χ1n) is 0.833. The Kier molecular flexibility index (Phi) is 38.8. The molecule has 0 rings (SSSR count). The Hall–Kier alpha value is 4.10. The largest absolute Gasteiger partial charge is 1.00 e. The molecule has 8 heavy (non-hydrogen) atoms. The van der Waals surface area contributed by atoms with Crippen molar-refractivity contribution in [3.63, 3.8) is 0 Å². The Morgan fingerprint density at radius 3 is 1.12 bits per heavy atom. The van der Waals surface area contributed by atoms with Crippen molar-refractivity contribution in [1.29, 1.82) is 0 Å². The molecule has 0 fully saturated rings. The molecular formula is Na2S6. The van der Waals surface area contributed by atoms with Gasteiger partial charge in [0, 0.05) is 0 Å². The summed E-state index contributed by atoms with van der Waals surface area (Å²) in [5.74, 6) is 0. The SMILES string of the molecule is [Na+].[Na+].[S-]SSSS[S-]. The van der Waals surface area contributed by atoms with Crippen LogP contribution in [0.2, 0.25) is 0 Å². The zero-order valence-electron chi connectivity index (χ0n) is 4.45. The zero-order valence-corrected chi connectivity index (χ0v) is 13.3. The Balaban J connectivity index is -0.000000125. The van der Waals surface area contributed by atoms with Crippen molar-refractivity contribution in [1.82, 2.24) is 0 Å². The van der Waals surface area contributed by atoms with E-state index in [4.69, 9.17) is 0 Å². The van der Waals surface area contributed by atoms with E-state index in [0.29, 0.717) is 0 Å². The monoisotopic (exact) mass is 238 g/mol. The van der Waals surface area contributed by atoms with Gasteiger partial charge in [0.1, 0.15) is 0 Å². The van der Waals surface area contributed by atoms with Crippen molar-refractivity contribution in [2.24, 2.45) is 0 Å². The van der Waals surface area contributed by atoms with Crippen LogP contribution in [-0.4, -0.2) is 0 Å². The van der Waals surface area contributed by atoms with Gasteiger partial charge in [-0.25, -0.2) is 0 Å². The molecule has 0 heterocycles. The van der Waals surface area contributed by atoms with Crippen molar-refractivity contribution in [2.45, 2.75) is 0 Å². The van der Waals surface area contributed by atoms with Crippen LogP contribution in [0.3, 0.4) is 0 Å². The molecule has 0 aromatic rings. The fourth-order valence-corrected chi connectivity index (χ4v) is 5.51. The summed E-state index contributed by atoms with van der Waals surface area (Å²) in [6, 6.07) is 0. The van der Waals surface area contributed by atoms with Gasteiger partial charge in [0.05, 0.1) is 0 Å². The van der Waals surface area contributed by atoms with Crippen molar-refractivity contribution >= 4 is 62.6 Å². The van der Waals surface area contributed by atoms with Crippen molar-refractivity contribution in [2.75, 3.05) is 0 Å². The second-order valence-electron chi connectivity index (χ2n) is 0.272. The van der Waals surface area contributed by atoms with Crippen molar-refractivity contribution in [3.05, 3.63) is 0 Å². The predicted octanol–water partition coefficient (Wildman–Crippen LogP) is -3.40. The molecule has 0 aromatic carbocycles. The van der Waals surface area contributed by atoms with Crippen LogP contribution in [0.15, 0.2) is 0 Å². The fourth-order valence-electron chi connectivity index (χ4n) is 0.0227. The minimum absolute atomic E-state index is 0. The van der Waals surface area contributed by atoms with E-state index in [1.54, 1.807) is 0 Å². The molecule has 0 aliphatic carbocycles. The normalized spacial score (nSPS) is 6.75. The maximum atomic E-state index is 4.52. The first-order chi connectivity index (χ1) is 2.91. The summed E-state index contributed by atoms with van der Waals surface area (Å²) >= 11 is 9.03. The minimum atomic E-state index is 0. The van der Waals surface area contributed by atoms with Crippen LogP contribution >= 0.6 is 39.3 Å². The summed E-state index contributed by atoms with van der Waals surface area (Å²) < 4.78 is 0. The van der Waals surface area contributed by atoms with Crippen LogP contribution < -0.4 is 59.1 Å². The van der Waals surface area contributed by atoms with Gasteiger partial charge in [0.15, 0.2) is 0 Å². The summed E-state index contributed by atoms with van der Waals surface area (Å²) in [5.41, 5.74) is 0. The minimum Gasteiger partial charge on any atom is -0.706 e. The van der Waals surface area contributed by atoms with Gasteiger partial charge in [-0.05, 0) is 19.7 Å². The Bertz CT molecular complexity index is 18.5. The second kappa shape index (κ2) is 17.3. The van der Waals surface area contributed by atoms with Crippen LogP contribution in [0.25, 0.3) is 0 Å². The molecule has 0 amide bonds. The topological polar surface area (TPSA) is 0 Å². The van der Waals surface area contributed by atoms with E-state index >= 15 is 0 Å². The predicted molar refractivity (Wildman–Crippen MR) is 45.1 cm³/mol. The van der Waals surface area contributed by atoms with E-state index < -0.39 is 0 Å². The summed E-state index contributed by atoms with van der Waals surface area (Å²) in [4.78, 5) is 0. The van der Waals surface area contributed by atoms with Gasteiger partial charge in [-0.3, -0.25) is 19.7 Å². The maximum Gasteiger partial charge on any atom is 1.00 e. The Labute approximate surface area is 119 Å². The first-order valence-corrected chi connectivity index (χ1v) is 7.50. The molecule has 0 atom stereocenters. The first kappa shape index (κ1) is 18.0. The smallest absolute Gasteiger partial charge is 0.706 e. The summed E-state index contributed by atoms with van der Waals surface area (Å²) in [7, 11) is 5.63. The molecular weight excluding hydrogens is 238 g/mol. The van der Waals surface area contributed by atoms with E-state index in [-0.39, 0.29) is 59.1 Å². The van der Waals surface area contributed by atoms with E-state index in [1.165, 1.54) is 39.3 Å². The van der Waals surface area contributed by atoms with Crippen molar-refractivity contribution in [3.8, 4) is 0 Å². The van der Waals surface area contributed by atoms with E-state index in [9.17, 15) is 0 Å². The molecule has 0 aliphatic heterocycles. The molecule has 0 saturated carbocycles. The van der Waals surface area contributed by atoms with Crippen LogP contribution in [-0.2, 0) is 23.3 Å². The Morgan fingerprint density at radius 1 is 0.750 bits per heavy atom. The van der Waals surface area contributed by atoms with Gasteiger partial charge in [0.25, 0.3) is 0 Å². The van der Waals surface area contributed by atoms with Gasteiger partial charge in [-0.1, -0.05) is 0 Å². The molecule has 0 spiro atoms. The zero-order chi connectivity index (χ0) is 4.83. The molecule has 38 valence electrons. The van der Waals surface area contributed by atoms with Gasteiger partial charge >= 0.3 is 59.1 Å². The van der Waals surface area contributed by atoms with Crippen molar-refractivity contribution < 1.29 is 59.1 Å². The molecule has 0 N–H and O–H groups in total. The fraction of sp³-hybridized carbons (Fsp3) is 0. The molecule has 0 saturated heterocycles. The van der Waals surface area contributed by atoms with E-state index in [0.717, 1.165) is 0 Å². The maximum absolute atomic E-state index is 4.52. The van der Waals surface area contributed by atoms with E-state index in [2.05, 4.69) is 23.3 Å². The number of rotatable bonds is 3. The average Bonchev–Trinajstić information content (AvgIpc) is 1.61. The second-order valence-corrected chi connectivity index (χ2v) is 7.35. The molecule has 0 aromatic heterocycles. The molecule has 8 heteroatoms. The molecule has 0 nitrogen and oxygen atoms in total. The van der Waals surface area contributed by atoms with Gasteiger partial charge < -0.3 is 23.3 Å². The van der Waals surface area contributed by atoms with Gasteiger partial charge in [-0.2, -0.15) is 0 Å². The van der Waals surface area contributed by atoms with Crippen LogP contribution in [0, 0.1) is 0 Å². The Morgan fingerprint density at radius 2 is 1.00 bits per heavy atom. The van der Waals surface area contributed by atoms with Crippen LogP contribution in [0.4, 0.5) is 0 Å². The third-order valence-electron chi connectivity index (χ3n) is 0.0833. The average molecular weight is 238 g/mol. The van der Waals surface area contributed by atoms with E-state index in [1.807, 2.05) is 0 Å². The third-order valence-corrected chi connectivity index (χ3v) is 6.75. The number of hydrogen-bond donors (Lipinski definition) is 0.